The number of aryl methyl sites for hydroxylation is 3. The molecule has 0 spiro atoms. The molecule has 0 radical (unpaired) electrons. The van der Waals surface area contributed by atoms with Gasteiger partial charge in [-0.25, -0.2) is 0 Å². The molecule has 1 aliphatic carbocycles. The van der Waals surface area contributed by atoms with Crippen molar-refractivity contribution in [3.05, 3.63) is 34.5 Å². The fourth-order valence-electron chi connectivity index (χ4n) is 3.10. The van der Waals surface area contributed by atoms with E-state index in [0.717, 1.165) is 6.42 Å². The summed E-state index contributed by atoms with van der Waals surface area (Å²) in [5, 5.41) is 4.88. The van der Waals surface area contributed by atoms with Gasteiger partial charge in [0.2, 0.25) is 0 Å². The molecule has 2 aromatic rings. The first-order valence-electron chi connectivity index (χ1n) is 6.47. The van der Waals surface area contributed by atoms with Crippen molar-refractivity contribution >= 4 is 10.9 Å². The zero-order chi connectivity index (χ0) is 12.0. The van der Waals surface area contributed by atoms with Gasteiger partial charge < -0.3 is 10.3 Å². The Morgan fingerprint density at radius 2 is 2.00 bits per heavy atom. The van der Waals surface area contributed by atoms with Crippen LogP contribution in [0, 0.1) is 13.8 Å². The number of aromatic amines is 1. The van der Waals surface area contributed by atoms with Crippen LogP contribution in [-0.4, -0.2) is 18.1 Å². The highest BCUT2D eigenvalue weighted by molar-refractivity contribution is 5.90. The second-order valence-electron chi connectivity index (χ2n) is 5.26. The molecular weight excluding hydrogens is 208 g/mol. The van der Waals surface area contributed by atoms with Crippen LogP contribution in [0.15, 0.2) is 12.1 Å². The van der Waals surface area contributed by atoms with Crippen molar-refractivity contribution in [2.75, 3.05) is 7.05 Å². The van der Waals surface area contributed by atoms with Crippen molar-refractivity contribution in [3.8, 4) is 0 Å². The summed E-state index contributed by atoms with van der Waals surface area (Å²) < 4.78 is 0. The van der Waals surface area contributed by atoms with Crippen LogP contribution >= 0.6 is 0 Å². The van der Waals surface area contributed by atoms with Crippen LogP contribution in [-0.2, 0) is 12.8 Å². The van der Waals surface area contributed by atoms with Crippen LogP contribution in [0.4, 0.5) is 0 Å². The van der Waals surface area contributed by atoms with Gasteiger partial charge in [0, 0.05) is 29.1 Å². The maximum Gasteiger partial charge on any atom is 0.0491 e. The lowest BCUT2D eigenvalue weighted by Gasteiger charge is -2.21. The number of fused-ring (bicyclic) bond motifs is 3. The summed E-state index contributed by atoms with van der Waals surface area (Å²) in [5.41, 5.74) is 7.13. The molecule has 90 valence electrons. The van der Waals surface area contributed by atoms with Crippen LogP contribution in [0.3, 0.4) is 0 Å². The second-order valence-corrected chi connectivity index (χ2v) is 5.26. The van der Waals surface area contributed by atoms with E-state index in [9.17, 15) is 0 Å². The first kappa shape index (κ1) is 10.8. The summed E-state index contributed by atoms with van der Waals surface area (Å²) in [4.78, 5) is 3.65. The smallest absolute Gasteiger partial charge is 0.0491 e. The number of H-pyrrole nitrogens is 1. The molecule has 1 heterocycles. The molecule has 0 amide bonds. The number of hydrogen-bond donors (Lipinski definition) is 2. The molecule has 0 fully saturated rings. The summed E-state index contributed by atoms with van der Waals surface area (Å²) in [6.07, 6.45) is 3.59. The lowest BCUT2D eigenvalue weighted by atomic mass is 9.90. The van der Waals surface area contributed by atoms with Crippen molar-refractivity contribution in [1.82, 2.24) is 10.3 Å². The van der Waals surface area contributed by atoms with Crippen molar-refractivity contribution in [2.45, 2.75) is 39.2 Å². The monoisotopic (exact) mass is 228 g/mol. The molecule has 0 bridgehead atoms. The molecule has 17 heavy (non-hydrogen) atoms. The van der Waals surface area contributed by atoms with Crippen molar-refractivity contribution in [1.29, 1.82) is 0 Å². The van der Waals surface area contributed by atoms with Gasteiger partial charge in [-0.15, -0.1) is 0 Å². The van der Waals surface area contributed by atoms with Gasteiger partial charge in [-0.05, 0) is 50.4 Å². The lowest BCUT2D eigenvalue weighted by molar-refractivity contribution is 0.493. The van der Waals surface area contributed by atoms with Crippen LogP contribution in [0.25, 0.3) is 10.9 Å². The van der Waals surface area contributed by atoms with Gasteiger partial charge >= 0.3 is 0 Å². The molecule has 2 heteroatoms. The third kappa shape index (κ3) is 1.59. The SMILES string of the molecule is CNC1CCc2c([nH]c3c(C)ccc(C)c23)C1. The van der Waals surface area contributed by atoms with Crippen molar-refractivity contribution in [2.24, 2.45) is 0 Å². The number of aromatic nitrogens is 1. The summed E-state index contributed by atoms with van der Waals surface area (Å²) in [7, 11) is 2.06. The molecule has 0 saturated heterocycles. The highest BCUT2D eigenvalue weighted by atomic mass is 14.9. The zero-order valence-corrected chi connectivity index (χ0v) is 10.9. The van der Waals surface area contributed by atoms with Gasteiger partial charge in [0.15, 0.2) is 0 Å². The minimum Gasteiger partial charge on any atom is -0.358 e. The summed E-state index contributed by atoms with van der Waals surface area (Å²) in [6.45, 7) is 4.42. The van der Waals surface area contributed by atoms with Crippen LogP contribution in [0.1, 0.15) is 28.8 Å². The Hall–Kier alpha value is -1.28. The number of rotatable bonds is 1. The molecule has 2 nitrogen and oxygen atoms in total. The van der Waals surface area contributed by atoms with E-state index in [1.165, 1.54) is 40.6 Å². The van der Waals surface area contributed by atoms with E-state index in [1.54, 1.807) is 5.56 Å². The number of benzene rings is 1. The molecule has 2 N–H and O–H groups in total. The minimum absolute atomic E-state index is 0.635. The predicted octanol–water partition coefficient (Wildman–Crippen LogP) is 2.86. The molecule has 1 unspecified atom stereocenters. The van der Waals surface area contributed by atoms with Gasteiger partial charge in [-0.3, -0.25) is 0 Å². The van der Waals surface area contributed by atoms with Gasteiger partial charge in [0.05, 0.1) is 0 Å². The molecule has 3 rings (SSSR count). The lowest BCUT2D eigenvalue weighted by Crippen LogP contribution is -2.31. The van der Waals surface area contributed by atoms with Crippen molar-refractivity contribution < 1.29 is 0 Å². The van der Waals surface area contributed by atoms with Crippen LogP contribution in [0.5, 0.6) is 0 Å². The highest BCUT2D eigenvalue weighted by Gasteiger charge is 2.22. The highest BCUT2D eigenvalue weighted by Crippen LogP contribution is 2.32. The third-order valence-electron chi connectivity index (χ3n) is 4.17. The predicted molar refractivity (Wildman–Crippen MR) is 72.6 cm³/mol. The Kier molecular flexibility index (Phi) is 2.48. The molecule has 1 atom stereocenters. The number of nitrogens with one attached hydrogen (secondary N) is 2. The van der Waals surface area contributed by atoms with E-state index in [0.29, 0.717) is 6.04 Å². The molecule has 1 aliphatic rings. The van der Waals surface area contributed by atoms with E-state index in [-0.39, 0.29) is 0 Å². The van der Waals surface area contributed by atoms with Gasteiger partial charge in [0.25, 0.3) is 0 Å². The van der Waals surface area contributed by atoms with Gasteiger partial charge in [0.1, 0.15) is 0 Å². The largest absolute Gasteiger partial charge is 0.358 e. The minimum atomic E-state index is 0.635. The molecule has 0 saturated carbocycles. The average molecular weight is 228 g/mol. The molecular formula is C15H20N2. The zero-order valence-electron chi connectivity index (χ0n) is 10.9. The third-order valence-corrected chi connectivity index (χ3v) is 4.17. The molecule has 0 aliphatic heterocycles. The second kappa shape index (κ2) is 3.88. The Balaban J connectivity index is 2.22. The fraction of sp³-hybridized carbons (Fsp3) is 0.467. The Bertz CT molecular complexity index is 566. The van der Waals surface area contributed by atoms with Crippen LogP contribution < -0.4 is 5.32 Å². The Morgan fingerprint density at radius 3 is 2.76 bits per heavy atom. The van der Waals surface area contributed by atoms with E-state index < -0.39 is 0 Å². The average Bonchev–Trinajstić information content (AvgIpc) is 2.73. The molecule has 1 aromatic heterocycles. The number of likely N-dealkylation sites (N-methyl/N-ethyl adjacent to an activating group) is 1. The van der Waals surface area contributed by atoms with Crippen molar-refractivity contribution in [3.63, 3.8) is 0 Å². The Labute approximate surface area is 102 Å². The topological polar surface area (TPSA) is 27.8 Å². The van der Waals surface area contributed by atoms with E-state index in [2.05, 4.69) is 43.3 Å². The summed E-state index contributed by atoms with van der Waals surface area (Å²) >= 11 is 0. The summed E-state index contributed by atoms with van der Waals surface area (Å²) in [6, 6.07) is 5.10. The maximum absolute atomic E-state index is 3.65. The van der Waals surface area contributed by atoms with E-state index in [4.69, 9.17) is 0 Å². The molecule has 1 aromatic carbocycles. The van der Waals surface area contributed by atoms with Gasteiger partial charge in [-0.2, -0.15) is 0 Å². The number of hydrogen-bond acceptors (Lipinski definition) is 1. The van der Waals surface area contributed by atoms with E-state index >= 15 is 0 Å². The standard InChI is InChI=1S/C15H20N2/c1-9-4-5-10(2)15-14(9)12-7-6-11(16-3)8-13(12)17-15/h4-5,11,16-17H,6-8H2,1-3H3. The maximum atomic E-state index is 3.65. The fourth-order valence-corrected chi connectivity index (χ4v) is 3.10. The Morgan fingerprint density at radius 1 is 1.24 bits per heavy atom. The normalized spacial score (nSPS) is 19.6. The van der Waals surface area contributed by atoms with Crippen LogP contribution in [0.2, 0.25) is 0 Å². The first-order chi connectivity index (χ1) is 8.20. The first-order valence-corrected chi connectivity index (χ1v) is 6.47. The summed E-state index contributed by atoms with van der Waals surface area (Å²) in [5.74, 6) is 0. The van der Waals surface area contributed by atoms with Gasteiger partial charge in [-0.1, -0.05) is 12.1 Å². The van der Waals surface area contributed by atoms with E-state index in [1.807, 2.05) is 0 Å². The quantitative estimate of drug-likeness (QED) is 0.771.